The van der Waals surface area contributed by atoms with Crippen LogP contribution in [0.1, 0.15) is 12.5 Å². The first kappa shape index (κ1) is 14.7. The zero-order valence-electron chi connectivity index (χ0n) is 11.3. The van der Waals surface area contributed by atoms with Crippen LogP contribution in [-0.4, -0.2) is 35.0 Å². The van der Waals surface area contributed by atoms with Crippen molar-refractivity contribution in [3.05, 3.63) is 48.5 Å². The van der Waals surface area contributed by atoms with Gasteiger partial charge in [0.2, 0.25) is 10.0 Å². The number of nitrogens with one attached hydrogen (secondary N) is 1. The SMILES string of the molecule is C[C@H](Cn1cncn1)NS(=O)(=O)CCc1ccccc1. The normalized spacial score (nSPS) is 13.2. The van der Waals surface area contributed by atoms with Gasteiger partial charge in [0.25, 0.3) is 0 Å². The lowest BCUT2D eigenvalue weighted by atomic mass is 10.2. The highest BCUT2D eigenvalue weighted by atomic mass is 32.2. The quantitative estimate of drug-likeness (QED) is 0.820. The summed E-state index contributed by atoms with van der Waals surface area (Å²) in [7, 11) is -3.29. The molecule has 0 unspecified atom stereocenters. The van der Waals surface area contributed by atoms with E-state index < -0.39 is 10.0 Å². The third-order valence-electron chi connectivity index (χ3n) is 2.81. The smallest absolute Gasteiger partial charge is 0.212 e. The molecule has 0 saturated heterocycles. The van der Waals surface area contributed by atoms with E-state index in [-0.39, 0.29) is 11.8 Å². The molecule has 20 heavy (non-hydrogen) atoms. The lowest BCUT2D eigenvalue weighted by molar-refractivity contribution is 0.493. The van der Waals surface area contributed by atoms with E-state index in [9.17, 15) is 8.42 Å². The minimum atomic E-state index is -3.29. The summed E-state index contributed by atoms with van der Waals surface area (Å²) in [5.74, 6) is 0.0821. The van der Waals surface area contributed by atoms with Crippen LogP contribution in [0.25, 0.3) is 0 Å². The second kappa shape index (κ2) is 6.62. The van der Waals surface area contributed by atoms with Crippen LogP contribution in [0, 0.1) is 0 Å². The average Bonchev–Trinajstić information content (AvgIpc) is 2.90. The minimum absolute atomic E-state index is 0.0821. The molecule has 1 N–H and O–H groups in total. The van der Waals surface area contributed by atoms with Gasteiger partial charge in [-0.15, -0.1) is 0 Å². The molecule has 1 aromatic heterocycles. The standard InChI is InChI=1S/C13H18N4O2S/c1-12(9-17-11-14-10-15-17)16-20(18,19)8-7-13-5-3-2-4-6-13/h2-6,10-12,16H,7-9H2,1H3/t12-/m1/s1. The minimum Gasteiger partial charge on any atom is -0.251 e. The predicted molar refractivity (Wildman–Crippen MR) is 76.6 cm³/mol. The van der Waals surface area contributed by atoms with Crippen molar-refractivity contribution in [3.8, 4) is 0 Å². The van der Waals surface area contributed by atoms with Crippen molar-refractivity contribution < 1.29 is 8.42 Å². The first-order valence-corrected chi connectivity index (χ1v) is 8.07. The van der Waals surface area contributed by atoms with Crippen LogP contribution in [0.2, 0.25) is 0 Å². The highest BCUT2D eigenvalue weighted by Gasteiger charge is 2.15. The van der Waals surface area contributed by atoms with Gasteiger partial charge in [-0.05, 0) is 18.9 Å². The molecule has 0 amide bonds. The zero-order valence-corrected chi connectivity index (χ0v) is 12.1. The van der Waals surface area contributed by atoms with Crippen LogP contribution < -0.4 is 4.72 Å². The first-order chi connectivity index (χ1) is 9.55. The molecular weight excluding hydrogens is 276 g/mol. The molecule has 2 aromatic rings. The summed E-state index contributed by atoms with van der Waals surface area (Å²) >= 11 is 0. The summed E-state index contributed by atoms with van der Waals surface area (Å²) in [6.07, 6.45) is 3.50. The van der Waals surface area contributed by atoms with Gasteiger partial charge < -0.3 is 0 Å². The van der Waals surface area contributed by atoms with Crippen LogP contribution in [0.15, 0.2) is 43.0 Å². The molecule has 2 rings (SSSR count). The van der Waals surface area contributed by atoms with E-state index in [1.165, 1.54) is 6.33 Å². The summed E-state index contributed by atoms with van der Waals surface area (Å²) in [4.78, 5) is 3.82. The second-order valence-electron chi connectivity index (χ2n) is 4.69. The molecule has 0 fully saturated rings. The number of benzene rings is 1. The fourth-order valence-electron chi connectivity index (χ4n) is 1.91. The maximum atomic E-state index is 12.0. The summed E-state index contributed by atoms with van der Waals surface area (Å²) < 4.78 is 28.2. The molecule has 0 aliphatic rings. The number of aromatic nitrogens is 3. The van der Waals surface area contributed by atoms with Gasteiger partial charge >= 0.3 is 0 Å². The van der Waals surface area contributed by atoms with E-state index >= 15 is 0 Å². The van der Waals surface area contributed by atoms with Crippen molar-refractivity contribution in [1.82, 2.24) is 19.5 Å². The van der Waals surface area contributed by atoms with Gasteiger partial charge in [-0.2, -0.15) is 5.10 Å². The summed E-state index contributed by atoms with van der Waals surface area (Å²) in [5.41, 5.74) is 1.02. The molecule has 108 valence electrons. The highest BCUT2D eigenvalue weighted by molar-refractivity contribution is 7.89. The monoisotopic (exact) mass is 294 g/mol. The van der Waals surface area contributed by atoms with Gasteiger partial charge in [0.15, 0.2) is 0 Å². The van der Waals surface area contributed by atoms with Gasteiger partial charge in [-0.25, -0.2) is 18.1 Å². The average molecular weight is 294 g/mol. The summed E-state index contributed by atoms with van der Waals surface area (Å²) in [6, 6.07) is 9.35. The molecule has 0 bridgehead atoms. The Balaban J connectivity index is 1.84. The molecule has 1 heterocycles. The largest absolute Gasteiger partial charge is 0.251 e. The number of hydrogen-bond acceptors (Lipinski definition) is 4. The predicted octanol–water partition coefficient (Wildman–Crippen LogP) is 0.829. The van der Waals surface area contributed by atoms with Gasteiger partial charge in [-0.3, -0.25) is 4.68 Å². The molecule has 0 saturated carbocycles. The van der Waals surface area contributed by atoms with Crippen LogP contribution in [0.5, 0.6) is 0 Å². The molecule has 0 aliphatic carbocycles. The summed E-state index contributed by atoms with van der Waals surface area (Å²) in [5, 5.41) is 3.95. The lowest BCUT2D eigenvalue weighted by Crippen LogP contribution is -2.37. The van der Waals surface area contributed by atoms with Crippen molar-refractivity contribution in [2.24, 2.45) is 0 Å². The molecular formula is C13H18N4O2S. The van der Waals surface area contributed by atoms with Crippen molar-refractivity contribution in [2.75, 3.05) is 5.75 Å². The second-order valence-corrected chi connectivity index (χ2v) is 6.56. The van der Waals surface area contributed by atoms with Crippen molar-refractivity contribution >= 4 is 10.0 Å². The Hall–Kier alpha value is -1.73. The Labute approximate surface area is 118 Å². The number of aryl methyl sites for hydroxylation is 1. The van der Waals surface area contributed by atoms with Crippen LogP contribution in [0.4, 0.5) is 0 Å². The third-order valence-corrected chi connectivity index (χ3v) is 4.31. The number of sulfonamides is 1. The fraction of sp³-hybridized carbons (Fsp3) is 0.385. The van der Waals surface area contributed by atoms with E-state index in [0.717, 1.165) is 5.56 Å². The molecule has 0 spiro atoms. The van der Waals surface area contributed by atoms with Gasteiger partial charge in [0, 0.05) is 6.04 Å². The van der Waals surface area contributed by atoms with Crippen LogP contribution >= 0.6 is 0 Å². The van der Waals surface area contributed by atoms with E-state index in [2.05, 4.69) is 14.8 Å². The summed E-state index contributed by atoms with van der Waals surface area (Å²) in [6.45, 7) is 2.27. The number of rotatable bonds is 7. The van der Waals surface area contributed by atoms with Gasteiger partial charge in [0.05, 0.1) is 12.3 Å². The van der Waals surface area contributed by atoms with Crippen LogP contribution in [-0.2, 0) is 23.0 Å². The Bertz CT molecular complexity index is 611. The molecule has 1 aromatic carbocycles. The van der Waals surface area contributed by atoms with Crippen molar-refractivity contribution in [1.29, 1.82) is 0 Å². The maximum Gasteiger partial charge on any atom is 0.212 e. The fourth-order valence-corrected chi connectivity index (χ4v) is 3.22. The maximum absolute atomic E-state index is 12.0. The molecule has 6 nitrogen and oxygen atoms in total. The Morgan fingerprint density at radius 3 is 2.70 bits per heavy atom. The molecule has 0 aliphatic heterocycles. The topological polar surface area (TPSA) is 76.9 Å². The van der Waals surface area contributed by atoms with Crippen molar-refractivity contribution in [3.63, 3.8) is 0 Å². The highest BCUT2D eigenvalue weighted by Crippen LogP contribution is 2.02. The van der Waals surface area contributed by atoms with E-state index in [1.807, 2.05) is 37.3 Å². The third kappa shape index (κ3) is 4.75. The van der Waals surface area contributed by atoms with Crippen LogP contribution in [0.3, 0.4) is 0 Å². The Morgan fingerprint density at radius 2 is 2.05 bits per heavy atom. The first-order valence-electron chi connectivity index (χ1n) is 6.41. The number of nitrogens with zero attached hydrogens (tertiary/aromatic N) is 3. The van der Waals surface area contributed by atoms with Gasteiger partial charge in [-0.1, -0.05) is 30.3 Å². The Kier molecular flexibility index (Phi) is 4.86. The van der Waals surface area contributed by atoms with Gasteiger partial charge in [0.1, 0.15) is 12.7 Å². The number of hydrogen-bond donors (Lipinski definition) is 1. The van der Waals surface area contributed by atoms with E-state index in [0.29, 0.717) is 13.0 Å². The van der Waals surface area contributed by atoms with Crippen molar-refractivity contribution in [2.45, 2.75) is 25.9 Å². The molecule has 1 atom stereocenters. The zero-order chi connectivity index (χ0) is 14.4. The van der Waals surface area contributed by atoms with E-state index in [1.54, 1.807) is 11.0 Å². The molecule has 0 radical (unpaired) electrons. The Morgan fingerprint density at radius 1 is 1.30 bits per heavy atom. The lowest BCUT2D eigenvalue weighted by Gasteiger charge is -2.14. The molecule has 7 heteroatoms. The van der Waals surface area contributed by atoms with E-state index in [4.69, 9.17) is 0 Å².